The fourth-order valence-corrected chi connectivity index (χ4v) is 1.78. The Morgan fingerprint density at radius 3 is 2.38 bits per heavy atom. The molecule has 2 amide bonds. The smallest absolute Gasteiger partial charge is 0.407 e. The predicted octanol–water partition coefficient (Wildman–Crippen LogP) is 1.15. The van der Waals surface area contributed by atoms with E-state index in [9.17, 15) is 9.59 Å². The van der Waals surface area contributed by atoms with Crippen LogP contribution in [0.25, 0.3) is 0 Å². The molecule has 1 aliphatic heterocycles. The molecule has 16 heavy (non-hydrogen) atoms. The number of carbonyl (C=O) groups is 2. The lowest BCUT2D eigenvalue weighted by Gasteiger charge is -2.29. The summed E-state index contributed by atoms with van der Waals surface area (Å²) in [5.74, 6) is 0.496. The van der Waals surface area contributed by atoms with Gasteiger partial charge in [-0.15, -0.1) is 0 Å². The van der Waals surface area contributed by atoms with Crippen LogP contribution in [-0.4, -0.2) is 41.6 Å². The van der Waals surface area contributed by atoms with Crippen LogP contribution in [0.2, 0.25) is 0 Å². The normalized spacial score (nSPS) is 17.6. The first-order valence-corrected chi connectivity index (χ1v) is 5.76. The molecule has 2 N–H and O–H groups in total. The Balaban J connectivity index is 2.30. The van der Waals surface area contributed by atoms with E-state index in [4.69, 9.17) is 5.11 Å². The van der Waals surface area contributed by atoms with E-state index in [1.807, 2.05) is 13.8 Å². The van der Waals surface area contributed by atoms with Gasteiger partial charge in [0, 0.05) is 25.6 Å². The number of likely N-dealkylation sites (tertiary alicyclic amines) is 1. The summed E-state index contributed by atoms with van der Waals surface area (Å²) < 4.78 is 0. The van der Waals surface area contributed by atoms with Crippen LogP contribution in [0.15, 0.2) is 0 Å². The van der Waals surface area contributed by atoms with Crippen LogP contribution < -0.4 is 5.32 Å². The minimum Gasteiger partial charge on any atom is -0.465 e. The van der Waals surface area contributed by atoms with E-state index in [-0.39, 0.29) is 11.8 Å². The highest BCUT2D eigenvalue weighted by Crippen LogP contribution is 2.17. The highest BCUT2D eigenvalue weighted by Gasteiger charge is 2.26. The van der Waals surface area contributed by atoms with Crippen molar-refractivity contribution in [2.45, 2.75) is 26.7 Å². The number of amides is 2. The zero-order valence-electron chi connectivity index (χ0n) is 9.90. The van der Waals surface area contributed by atoms with Crippen molar-refractivity contribution in [3.63, 3.8) is 0 Å². The average Bonchev–Trinajstić information content (AvgIpc) is 2.26. The molecule has 0 atom stereocenters. The number of nitrogens with one attached hydrogen (secondary N) is 1. The summed E-state index contributed by atoms with van der Waals surface area (Å²) in [4.78, 5) is 23.7. The highest BCUT2D eigenvalue weighted by molar-refractivity contribution is 5.79. The van der Waals surface area contributed by atoms with Gasteiger partial charge in [-0.3, -0.25) is 4.79 Å². The summed E-state index contributed by atoms with van der Waals surface area (Å²) in [6, 6.07) is 0. The van der Waals surface area contributed by atoms with E-state index >= 15 is 0 Å². The zero-order chi connectivity index (χ0) is 12.1. The molecule has 0 saturated carbocycles. The monoisotopic (exact) mass is 228 g/mol. The zero-order valence-corrected chi connectivity index (χ0v) is 9.90. The third-order valence-corrected chi connectivity index (χ3v) is 2.82. The number of rotatable bonds is 3. The van der Waals surface area contributed by atoms with Gasteiger partial charge in [0.25, 0.3) is 0 Å². The Hall–Kier alpha value is -1.26. The second-order valence-corrected chi connectivity index (χ2v) is 4.68. The molecule has 0 aliphatic carbocycles. The Kier molecular flexibility index (Phi) is 4.58. The van der Waals surface area contributed by atoms with Crippen LogP contribution in [0.1, 0.15) is 26.7 Å². The van der Waals surface area contributed by atoms with Crippen molar-refractivity contribution in [3.05, 3.63) is 0 Å². The van der Waals surface area contributed by atoms with Gasteiger partial charge in [0.2, 0.25) is 5.91 Å². The topological polar surface area (TPSA) is 69.6 Å². The van der Waals surface area contributed by atoms with Crippen LogP contribution in [-0.2, 0) is 4.79 Å². The maximum atomic E-state index is 11.7. The van der Waals surface area contributed by atoms with Gasteiger partial charge in [0.15, 0.2) is 0 Å². The molecule has 92 valence electrons. The molecule has 5 nitrogen and oxygen atoms in total. The van der Waals surface area contributed by atoms with Gasteiger partial charge in [0.05, 0.1) is 0 Å². The molecule has 0 aromatic heterocycles. The molecule has 0 spiro atoms. The molecular weight excluding hydrogens is 208 g/mol. The average molecular weight is 228 g/mol. The predicted molar refractivity (Wildman–Crippen MR) is 60.2 cm³/mol. The number of nitrogens with zero attached hydrogens (tertiary/aromatic N) is 1. The Labute approximate surface area is 95.8 Å². The third-order valence-electron chi connectivity index (χ3n) is 2.82. The van der Waals surface area contributed by atoms with Crippen LogP contribution in [0.5, 0.6) is 0 Å². The molecule has 0 bridgehead atoms. The molecule has 0 radical (unpaired) electrons. The lowest BCUT2D eigenvalue weighted by Crippen LogP contribution is -2.43. The van der Waals surface area contributed by atoms with E-state index < -0.39 is 6.09 Å². The minimum atomic E-state index is -0.888. The van der Waals surface area contributed by atoms with Gasteiger partial charge in [0.1, 0.15) is 0 Å². The van der Waals surface area contributed by atoms with Gasteiger partial charge in [-0.1, -0.05) is 13.8 Å². The standard InChI is InChI=1S/C11H20N2O3/c1-8(2)7-12-10(14)9-3-5-13(6-4-9)11(15)16/h8-9H,3-7H2,1-2H3,(H,12,14)(H,15,16). The second kappa shape index (κ2) is 5.72. The highest BCUT2D eigenvalue weighted by atomic mass is 16.4. The van der Waals surface area contributed by atoms with Crippen molar-refractivity contribution >= 4 is 12.0 Å². The van der Waals surface area contributed by atoms with Crippen molar-refractivity contribution in [2.75, 3.05) is 19.6 Å². The fraction of sp³-hybridized carbons (Fsp3) is 0.818. The molecule has 0 aromatic carbocycles. The summed E-state index contributed by atoms with van der Waals surface area (Å²) in [7, 11) is 0. The molecule has 1 aliphatic rings. The first-order valence-electron chi connectivity index (χ1n) is 5.76. The van der Waals surface area contributed by atoms with E-state index in [0.717, 1.165) is 0 Å². The van der Waals surface area contributed by atoms with Gasteiger partial charge in [-0.25, -0.2) is 4.79 Å². The molecular formula is C11H20N2O3. The largest absolute Gasteiger partial charge is 0.465 e. The molecule has 1 heterocycles. The maximum Gasteiger partial charge on any atom is 0.407 e. The van der Waals surface area contributed by atoms with E-state index in [2.05, 4.69) is 5.32 Å². The molecule has 1 saturated heterocycles. The molecule has 1 fully saturated rings. The second-order valence-electron chi connectivity index (χ2n) is 4.68. The van der Waals surface area contributed by atoms with Crippen molar-refractivity contribution < 1.29 is 14.7 Å². The Morgan fingerprint density at radius 2 is 1.94 bits per heavy atom. The lowest BCUT2D eigenvalue weighted by molar-refractivity contribution is -0.126. The first kappa shape index (κ1) is 12.8. The number of piperidine rings is 1. The molecule has 5 heteroatoms. The minimum absolute atomic E-state index is 0.0191. The van der Waals surface area contributed by atoms with Crippen LogP contribution in [0.4, 0.5) is 4.79 Å². The van der Waals surface area contributed by atoms with E-state index in [1.165, 1.54) is 4.90 Å². The van der Waals surface area contributed by atoms with Crippen LogP contribution in [0, 0.1) is 11.8 Å². The Bertz CT molecular complexity index is 258. The fourth-order valence-electron chi connectivity index (χ4n) is 1.78. The molecule has 0 unspecified atom stereocenters. The summed E-state index contributed by atoms with van der Waals surface area (Å²) in [6.45, 7) is 5.73. The Morgan fingerprint density at radius 1 is 1.38 bits per heavy atom. The number of carboxylic acid groups (broad SMARTS) is 1. The van der Waals surface area contributed by atoms with Gasteiger partial charge >= 0.3 is 6.09 Å². The molecule has 1 rings (SSSR count). The van der Waals surface area contributed by atoms with Crippen molar-refractivity contribution in [1.29, 1.82) is 0 Å². The van der Waals surface area contributed by atoms with Gasteiger partial charge in [-0.2, -0.15) is 0 Å². The third kappa shape index (κ3) is 3.72. The van der Waals surface area contributed by atoms with Crippen molar-refractivity contribution in [1.82, 2.24) is 10.2 Å². The lowest BCUT2D eigenvalue weighted by atomic mass is 9.96. The summed E-state index contributed by atoms with van der Waals surface area (Å²) >= 11 is 0. The summed E-state index contributed by atoms with van der Waals surface area (Å²) in [6.07, 6.45) is 0.382. The number of hydrogen-bond acceptors (Lipinski definition) is 2. The van der Waals surface area contributed by atoms with Gasteiger partial charge < -0.3 is 15.3 Å². The summed E-state index contributed by atoms with van der Waals surface area (Å²) in [5, 5.41) is 11.7. The maximum absolute atomic E-state index is 11.7. The van der Waals surface area contributed by atoms with E-state index in [1.54, 1.807) is 0 Å². The van der Waals surface area contributed by atoms with Gasteiger partial charge in [-0.05, 0) is 18.8 Å². The van der Waals surface area contributed by atoms with Crippen LogP contribution >= 0.6 is 0 Å². The van der Waals surface area contributed by atoms with Crippen LogP contribution in [0.3, 0.4) is 0 Å². The van der Waals surface area contributed by atoms with Crippen molar-refractivity contribution in [2.24, 2.45) is 11.8 Å². The molecule has 0 aromatic rings. The summed E-state index contributed by atoms with van der Waals surface area (Å²) in [5.41, 5.74) is 0. The van der Waals surface area contributed by atoms with E-state index in [0.29, 0.717) is 38.4 Å². The first-order chi connectivity index (χ1) is 7.50. The SMILES string of the molecule is CC(C)CNC(=O)C1CCN(C(=O)O)CC1. The number of hydrogen-bond donors (Lipinski definition) is 2. The quantitative estimate of drug-likeness (QED) is 0.761. The number of carbonyl (C=O) groups excluding carboxylic acids is 1. The van der Waals surface area contributed by atoms with Crippen molar-refractivity contribution in [3.8, 4) is 0 Å².